The van der Waals surface area contributed by atoms with Crippen molar-refractivity contribution in [2.45, 2.75) is 45.7 Å². The summed E-state index contributed by atoms with van der Waals surface area (Å²) in [6, 6.07) is 0.650. The van der Waals surface area contributed by atoms with Crippen molar-refractivity contribution >= 4 is 0 Å². The Bertz CT molecular complexity index is 362. The lowest BCUT2D eigenvalue weighted by Gasteiger charge is -2.35. The van der Waals surface area contributed by atoms with Gasteiger partial charge in [-0.25, -0.2) is 4.98 Å². The molecule has 1 aliphatic heterocycles. The largest absolute Gasteiger partial charge is 0.444 e. The summed E-state index contributed by atoms with van der Waals surface area (Å²) in [5.74, 6) is 2.53. The molecule has 0 amide bonds. The fraction of sp³-hybridized carbons (Fsp3) is 0.786. The molecule has 4 nitrogen and oxygen atoms in total. The van der Waals surface area contributed by atoms with Crippen LogP contribution in [0, 0.1) is 5.92 Å². The van der Waals surface area contributed by atoms with Crippen molar-refractivity contribution in [3.8, 4) is 0 Å². The Labute approximate surface area is 110 Å². The van der Waals surface area contributed by atoms with Gasteiger partial charge >= 0.3 is 0 Å². The van der Waals surface area contributed by atoms with Gasteiger partial charge in [-0.1, -0.05) is 0 Å². The summed E-state index contributed by atoms with van der Waals surface area (Å²) in [5, 5.41) is 3.08. The van der Waals surface area contributed by atoms with E-state index in [1.807, 2.05) is 13.2 Å². The van der Waals surface area contributed by atoms with E-state index < -0.39 is 0 Å². The Morgan fingerprint density at radius 3 is 3.11 bits per heavy atom. The highest BCUT2D eigenvalue weighted by Crippen LogP contribution is 2.22. The molecular weight excluding hydrogens is 226 g/mol. The molecule has 1 atom stereocenters. The average molecular weight is 251 g/mol. The monoisotopic (exact) mass is 251 g/mol. The number of likely N-dealkylation sites (tertiary alicyclic amines) is 1. The van der Waals surface area contributed by atoms with Gasteiger partial charge in [-0.3, -0.25) is 0 Å². The molecule has 0 saturated carbocycles. The quantitative estimate of drug-likeness (QED) is 0.869. The second kappa shape index (κ2) is 6.34. The molecule has 18 heavy (non-hydrogen) atoms. The van der Waals surface area contributed by atoms with Gasteiger partial charge in [0.15, 0.2) is 5.89 Å². The number of aromatic nitrogens is 1. The van der Waals surface area contributed by atoms with Crippen LogP contribution >= 0.6 is 0 Å². The highest BCUT2D eigenvalue weighted by molar-refractivity contribution is 4.95. The number of hydrogen-bond donors (Lipinski definition) is 1. The van der Waals surface area contributed by atoms with Crippen LogP contribution in [0.15, 0.2) is 10.6 Å². The van der Waals surface area contributed by atoms with Crippen LogP contribution in [0.4, 0.5) is 0 Å². The Kier molecular flexibility index (Phi) is 4.78. The highest BCUT2D eigenvalue weighted by atomic mass is 16.4. The molecule has 1 N–H and O–H groups in total. The van der Waals surface area contributed by atoms with Crippen molar-refractivity contribution in [3.05, 3.63) is 17.8 Å². The van der Waals surface area contributed by atoms with Crippen molar-refractivity contribution in [3.63, 3.8) is 0 Å². The van der Waals surface area contributed by atoms with Gasteiger partial charge in [0.25, 0.3) is 0 Å². The Balaban J connectivity index is 1.87. The zero-order valence-corrected chi connectivity index (χ0v) is 11.8. The number of piperidine rings is 1. The third-order valence-electron chi connectivity index (χ3n) is 3.70. The molecule has 0 spiro atoms. The van der Waals surface area contributed by atoms with Gasteiger partial charge in [-0.15, -0.1) is 0 Å². The lowest BCUT2D eigenvalue weighted by molar-refractivity contribution is 0.136. The lowest BCUT2D eigenvalue weighted by Crippen LogP contribution is -2.40. The van der Waals surface area contributed by atoms with Gasteiger partial charge in [0.05, 0.1) is 12.7 Å². The predicted molar refractivity (Wildman–Crippen MR) is 72.4 cm³/mol. The standard InChI is InChI=1S/C14H25N3O/c1-11(2)17-6-4-5-12(10-17)7-14-16-9-13(18-14)8-15-3/h9,11-12,15H,4-8,10H2,1-3H3. The molecule has 1 aliphatic rings. The van der Waals surface area contributed by atoms with Crippen LogP contribution in [-0.4, -0.2) is 36.1 Å². The molecule has 2 rings (SSSR count). The maximum atomic E-state index is 5.73. The van der Waals surface area contributed by atoms with Gasteiger partial charge in [-0.05, 0) is 46.2 Å². The number of rotatable bonds is 5. The first-order chi connectivity index (χ1) is 8.69. The first-order valence-electron chi connectivity index (χ1n) is 7.01. The third kappa shape index (κ3) is 3.56. The van der Waals surface area contributed by atoms with Crippen LogP contribution in [0.25, 0.3) is 0 Å². The van der Waals surface area contributed by atoms with Crippen LogP contribution in [-0.2, 0) is 13.0 Å². The summed E-state index contributed by atoms with van der Waals surface area (Å²) < 4.78 is 5.73. The van der Waals surface area contributed by atoms with Crippen molar-refractivity contribution in [2.24, 2.45) is 5.92 Å². The summed E-state index contributed by atoms with van der Waals surface area (Å²) >= 11 is 0. The van der Waals surface area contributed by atoms with E-state index in [1.54, 1.807) is 0 Å². The van der Waals surface area contributed by atoms with E-state index in [9.17, 15) is 0 Å². The van der Waals surface area contributed by atoms with Crippen molar-refractivity contribution in [1.82, 2.24) is 15.2 Å². The molecule has 1 aromatic rings. The topological polar surface area (TPSA) is 41.3 Å². The lowest BCUT2D eigenvalue weighted by atomic mass is 9.94. The van der Waals surface area contributed by atoms with E-state index >= 15 is 0 Å². The number of nitrogens with one attached hydrogen (secondary N) is 1. The molecular formula is C14H25N3O. The normalized spacial score (nSPS) is 21.7. The average Bonchev–Trinajstić information content (AvgIpc) is 2.77. The molecule has 0 aromatic carbocycles. The fourth-order valence-corrected chi connectivity index (χ4v) is 2.68. The van der Waals surface area contributed by atoms with E-state index in [4.69, 9.17) is 4.42 Å². The maximum absolute atomic E-state index is 5.73. The summed E-state index contributed by atoms with van der Waals surface area (Å²) in [4.78, 5) is 6.93. The second-order valence-electron chi connectivity index (χ2n) is 5.55. The molecule has 1 saturated heterocycles. The smallest absolute Gasteiger partial charge is 0.194 e. The molecule has 102 valence electrons. The SMILES string of the molecule is CNCc1cnc(CC2CCCN(C(C)C)C2)o1. The van der Waals surface area contributed by atoms with E-state index in [1.165, 1.54) is 25.9 Å². The number of oxazole rings is 1. The second-order valence-corrected chi connectivity index (χ2v) is 5.55. The fourth-order valence-electron chi connectivity index (χ4n) is 2.68. The molecule has 4 heteroatoms. The molecule has 0 bridgehead atoms. The molecule has 2 heterocycles. The van der Waals surface area contributed by atoms with Gasteiger partial charge in [-0.2, -0.15) is 0 Å². The van der Waals surface area contributed by atoms with Crippen LogP contribution in [0.3, 0.4) is 0 Å². The first kappa shape index (κ1) is 13.6. The van der Waals surface area contributed by atoms with Crippen molar-refractivity contribution < 1.29 is 4.42 Å². The number of nitrogens with zero attached hydrogens (tertiary/aromatic N) is 2. The Morgan fingerprint density at radius 1 is 1.56 bits per heavy atom. The predicted octanol–water partition coefficient (Wildman–Crippen LogP) is 2.06. The molecule has 1 unspecified atom stereocenters. The molecule has 0 radical (unpaired) electrons. The van der Waals surface area contributed by atoms with E-state index in [0.29, 0.717) is 12.0 Å². The maximum Gasteiger partial charge on any atom is 0.194 e. The molecule has 1 aromatic heterocycles. The summed E-state index contributed by atoms with van der Waals surface area (Å²) in [7, 11) is 1.92. The van der Waals surface area contributed by atoms with Crippen LogP contribution in [0.1, 0.15) is 38.3 Å². The van der Waals surface area contributed by atoms with E-state index in [-0.39, 0.29) is 0 Å². The Hall–Kier alpha value is -0.870. The molecule has 0 aliphatic carbocycles. The van der Waals surface area contributed by atoms with Crippen LogP contribution in [0.5, 0.6) is 0 Å². The van der Waals surface area contributed by atoms with Gasteiger partial charge in [0, 0.05) is 19.0 Å². The third-order valence-corrected chi connectivity index (χ3v) is 3.70. The minimum Gasteiger partial charge on any atom is -0.444 e. The molecule has 1 fully saturated rings. The minimum atomic E-state index is 0.650. The van der Waals surface area contributed by atoms with Gasteiger partial charge in [0.1, 0.15) is 5.76 Å². The first-order valence-corrected chi connectivity index (χ1v) is 7.01. The zero-order valence-electron chi connectivity index (χ0n) is 11.8. The van der Waals surface area contributed by atoms with Crippen molar-refractivity contribution in [1.29, 1.82) is 0 Å². The zero-order chi connectivity index (χ0) is 13.0. The van der Waals surface area contributed by atoms with Crippen LogP contribution in [0.2, 0.25) is 0 Å². The summed E-state index contributed by atoms with van der Waals surface area (Å²) in [6.45, 7) is 7.74. The minimum absolute atomic E-state index is 0.650. The van der Waals surface area contributed by atoms with E-state index in [2.05, 4.69) is 29.0 Å². The van der Waals surface area contributed by atoms with Gasteiger partial charge < -0.3 is 14.6 Å². The summed E-state index contributed by atoms with van der Waals surface area (Å²) in [6.07, 6.45) is 5.42. The van der Waals surface area contributed by atoms with E-state index in [0.717, 1.165) is 24.6 Å². The van der Waals surface area contributed by atoms with Gasteiger partial charge in [0.2, 0.25) is 0 Å². The van der Waals surface area contributed by atoms with Crippen LogP contribution < -0.4 is 5.32 Å². The van der Waals surface area contributed by atoms with Crippen molar-refractivity contribution in [2.75, 3.05) is 20.1 Å². The Morgan fingerprint density at radius 2 is 2.39 bits per heavy atom. The summed E-state index contributed by atoms with van der Waals surface area (Å²) in [5.41, 5.74) is 0. The number of hydrogen-bond acceptors (Lipinski definition) is 4. The highest BCUT2D eigenvalue weighted by Gasteiger charge is 2.23.